The van der Waals surface area contributed by atoms with E-state index in [9.17, 15) is 22.8 Å². The molecule has 4 heterocycles. The van der Waals surface area contributed by atoms with Gasteiger partial charge in [-0.2, -0.15) is 13.2 Å². The van der Waals surface area contributed by atoms with E-state index in [0.717, 1.165) is 6.07 Å². The van der Waals surface area contributed by atoms with Gasteiger partial charge in [0.15, 0.2) is 5.65 Å². The summed E-state index contributed by atoms with van der Waals surface area (Å²) in [7, 11) is 1.82. The van der Waals surface area contributed by atoms with Gasteiger partial charge in [0.1, 0.15) is 5.52 Å². The SMILES string of the molecule is C=CC(C)Nc1nc2c(c(=O)n1-c1cnc3c(c1)ncn3C)CC(C)N(C(=O)c1ccc(Br)c(C(F)(F)F)c1)C2. The first-order valence-electron chi connectivity index (χ1n) is 12.4. The van der Waals surface area contributed by atoms with Gasteiger partial charge in [0, 0.05) is 34.7 Å². The molecule has 0 saturated carbocycles. The lowest BCUT2D eigenvalue weighted by Crippen LogP contribution is -2.46. The summed E-state index contributed by atoms with van der Waals surface area (Å²) in [5.74, 6) is -0.362. The summed E-state index contributed by atoms with van der Waals surface area (Å²) >= 11 is 2.91. The minimum atomic E-state index is -4.63. The Kier molecular flexibility index (Phi) is 7.02. The number of imidazole rings is 1. The van der Waals surface area contributed by atoms with Crippen molar-refractivity contribution >= 4 is 38.9 Å². The zero-order valence-corrected chi connectivity index (χ0v) is 23.4. The van der Waals surface area contributed by atoms with Gasteiger partial charge in [-0.3, -0.25) is 9.59 Å². The van der Waals surface area contributed by atoms with Crippen LogP contribution in [0.3, 0.4) is 0 Å². The number of alkyl halides is 3. The maximum absolute atomic E-state index is 13.9. The van der Waals surface area contributed by atoms with Gasteiger partial charge in [-0.15, -0.1) is 6.58 Å². The number of amides is 1. The van der Waals surface area contributed by atoms with Crippen LogP contribution in [-0.4, -0.2) is 47.0 Å². The van der Waals surface area contributed by atoms with Gasteiger partial charge < -0.3 is 14.8 Å². The monoisotopic (exact) mass is 615 g/mol. The highest BCUT2D eigenvalue weighted by molar-refractivity contribution is 9.10. The van der Waals surface area contributed by atoms with Crippen LogP contribution in [-0.2, 0) is 26.2 Å². The highest BCUT2D eigenvalue weighted by Gasteiger charge is 2.36. The number of nitrogens with one attached hydrogen (secondary N) is 1. The number of aromatic nitrogens is 5. The van der Waals surface area contributed by atoms with Crippen LogP contribution in [0.1, 0.15) is 41.0 Å². The quantitative estimate of drug-likeness (QED) is 0.322. The lowest BCUT2D eigenvalue weighted by atomic mass is 9.98. The second-order valence-corrected chi connectivity index (χ2v) is 10.6. The van der Waals surface area contributed by atoms with Gasteiger partial charge in [-0.25, -0.2) is 19.5 Å². The Balaban J connectivity index is 1.58. The van der Waals surface area contributed by atoms with Crippen LogP contribution in [0.2, 0.25) is 0 Å². The van der Waals surface area contributed by atoms with Crippen LogP contribution < -0.4 is 10.9 Å². The molecule has 1 aromatic carbocycles. The molecule has 1 amide bonds. The van der Waals surface area contributed by atoms with Crippen molar-refractivity contribution in [2.24, 2.45) is 7.05 Å². The number of aryl methyl sites for hydroxylation is 1. The predicted octanol–water partition coefficient (Wildman–Crippen LogP) is 4.87. The fourth-order valence-electron chi connectivity index (χ4n) is 4.70. The number of hydrogen-bond acceptors (Lipinski definition) is 6. The van der Waals surface area contributed by atoms with E-state index in [-0.39, 0.29) is 40.6 Å². The third kappa shape index (κ3) is 4.89. The fraction of sp³-hybridized carbons (Fsp3) is 0.296. The molecule has 1 aliphatic heterocycles. The molecule has 0 radical (unpaired) electrons. The number of rotatable bonds is 5. The van der Waals surface area contributed by atoms with E-state index in [4.69, 9.17) is 4.98 Å². The molecule has 2 unspecified atom stereocenters. The number of nitrogens with zero attached hydrogens (tertiary/aromatic N) is 6. The maximum Gasteiger partial charge on any atom is 0.417 e. The summed E-state index contributed by atoms with van der Waals surface area (Å²) in [5, 5.41) is 3.17. The molecular weight excluding hydrogens is 591 g/mol. The summed E-state index contributed by atoms with van der Waals surface area (Å²) in [4.78, 5) is 42.3. The summed E-state index contributed by atoms with van der Waals surface area (Å²) in [6.07, 6.45) is 0.394. The van der Waals surface area contributed by atoms with Crippen LogP contribution >= 0.6 is 15.9 Å². The number of fused-ring (bicyclic) bond motifs is 2. The zero-order chi connectivity index (χ0) is 28.9. The number of carbonyl (C=O) groups excluding carboxylic acids is 1. The van der Waals surface area contributed by atoms with E-state index < -0.39 is 23.7 Å². The van der Waals surface area contributed by atoms with Crippen molar-refractivity contribution in [3.05, 3.63) is 86.7 Å². The van der Waals surface area contributed by atoms with Gasteiger partial charge in [0.2, 0.25) is 5.95 Å². The van der Waals surface area contributed by atoms with Gasteiger partial charge >= 0.3 is 6.18 Å². The molecule has 4 aromatic rings. The van der Waals surface area contributed by atoms with Gasteiger partial charge in [0.25, 0.3) is 11.5 Å². The maximum atomic E-state index is 13.9. The van der Waals surface area contributed by atoms with E-state index in [2.05, 4.69) is 37.8 Å². The largest absolute Gasteiger partial charge is 0.417 e. The Morgan fingerprint density at radius 3 is 2.73 bits per heavy atom. The average molecular weight is 616 g/mol. The molecule has 0 aliphatic carbocycles. The van der Waals surface area contributed by atoms with E-state index in [0.29, 0.717) is 28.1 Å². The smallest absolute Gasteiger partial charge is 0.349 e. The third-order valence-corrected chi connectivity index (χ3v) is 7.59. The van der Waals surface area contributed by atoms with Crippen molar-refractivity contribution in [1.82, 2.24) is 29.0 Å². The van der Waals surface area contributed by atoms with Crippen LogP contribution in [0.15, 0.2) is 58.7 Å². The van der Waals surface area contributed by atoms with E-state index in [1.54, 1.807) is 36.2 Å². The van der Waals surface area contributed by atoms with Crippen molar-refractivity contribution < 1.29 is 18.0 Å². The van der Waals surface area contributed by atoms with Crippen LogP contribution in [0, 0.1) is 0 Å². The molecule has 1 aliphatic rings. The van der Waals surface area contributed by atoms with Crippen LogP contribution in [0.5, 0.6) is 0 Å². The zero-order valence-electron chi connectivity index (χ0n) is 21.8. The molecule has 0 spiro atoms. The minimum absolute atomic E-state index is 0.0441. The Hall–Kier alpha value is -4.00. The fourth-order valence-corrected chi connectivity index (χ4v) is 5.17. The Morgan fingerprint density at radius 2 is 2.02 bits per heavy atom. The Bertz CT molecular complexity index is 1710. The topological polar surface area (TPSA) is 97.9 Å². The molecule has 0 saturated heterocycles. The van der Waals surface area contributed by atoms with Crippen molar-refractivity contribution in [2.75, 3.05) is 5.32 Å². The van der Waals surface area contributed by atoms with Crippen LogP contribution in [0.25, 0.3) is 16.9 Å². The normalized spacial score (nSPS) is 16.1. The number of pyridine rings is 1. The number of halogens is 4. The van der Waals surface area contributed by atoms with Crippen molar-refractivity contribution in [3.63, 3.8) is 0 Å². The molecule has 40 heavy (non-hydrogen) atoms. The third-order valence-electron chi connectivity index (χ3n) is 6.90. The van der Waals surface area contributed by atoms with Gasteiger partial charge in [0.05, 0.1) is 36.0 Å². The van der Waals surface area contributed by atoms with E-state index in [1.807, 2.05) is 14.0 Å². The molecule has 2 atom stereocenters. The summed E-state index contributed by atoms with van der Waals surface area (Å²) < 4.78 is 43.5. The summed E-state index contributed by atoms with van der Waals surface area (Å²) in [6, 6.07) is 4.40. The second-order valence-electron chi connectivity index (χ2n) is 9.74. The minimum Gasteiger partial charge on any atom is -0.349 e. The van der Waals surface area contributed by atoms with E-state index in [1.165, 1.54) is 21.6 Å². The predicted molar refractivity (Wildman–Crippen MR) is 147 cm³/mol. The molecule has 0 bridgehead atoms. The molecule has 1 N–H and O–H groups in total. The van der Waals surface area contributed by atoms with Crippen molar-refractivity contribution in [1.29, 1.82) is 0 Å². The first-order chi connectivity index (χ1) is 18.9. The van der Waals surface area contributed by atoms with Crippen molar-refractivity contribution in [3.8, 4) is 5.69 Å². The molecule has 0 fully saturated rings. The standard InChI is InChI=1S/C27H25BrF3N7O2/c1-5-14(2)34-26-35-22-12-37(24(39)16-6-7-20(28)19(9-16)27(29,30)31)15(3)8-18(22)25(40)38(26)17-10-21-23(32-11-17)36(4)13-33-21/h5-7,9-11,13-15H,1,8,12H2,2-4H3,(H,34,35). The molecule has 5 rings (SSSR count). The summed E-state index contributed by atoms with van der Waals surface area (Å²) in [5.41, 5.74) is 1.13. The molecular formula is C27H25BrF3N7O2. The van der Waals surface area contributed by atoms with Crippen LogP contribution in [0.4, 0.5) is 19.1 Å². The number of carbonyl (C=O) groups is 1. The molecule has 13 heteroatoms. The Morgan fingerprint density at radius 1 is 1.27 bits per heavy atom. The summed E-state index contributed by atoms with van der Waals surface area (Å²) in [6.45, 7) is 7.33. The first-order valence-corrected chi connectivity index (χ1v) is 13.2. The highest BCUT2D eigenvalue weighted by atomic mass is 79.9. The van der Waals surface area contributed by atoms with E-state index >= 15 is 0 Å². The van der Waals surface area contributed by atoms with Gasteiger partial charge in [-0.1, -0.05) is 22.0 Å². The highest BCUT2D eigenvalue weighted by Crippen LogP contribution is 2.36. The number of hydrogen-bond donors (Lipinski definition) is 1. The molecule has 208 valence electrons. The average Bonchev–Trinajstić information content (AvgIpc) is 3.28. The first kappa shape index (κ1) is 27.6. The second kappa shape index (κ2) is 10.2. The van der Waals surface area contributed by atoms with Crippen molar-refractivity contribution in [2.45, 2.75) is 45.1 Å². The Labute approximate surface area is 235 Å². The number of anilines is 1. The molecule has 9 nitrogen and oxygen atoms in total. The van der Waals surface area contributed by atoms with Gasteiger partial charge in [-0.05, 0) is 44.5 Å². The lowest BCUT2D eigenvalue weighted by molar-refractivity contribution is -0.138. The number of benzene rings is 1. The molecule has 3 aromatic heterocycles. The lowest BCUT2D eigenvalue weighted by Gasteiger charge is -2.35.